The summed E-state index contributed by atoms with van der Waals surface area (Å²) in [6, 6.07) is 3.14. The van der Waals surface area contributed by atoms with E-state index in [0.29, 0.717) is 25.0 Å². The third kappa shape index (κ3) is 4.17. The Hall–Kier alpha value is -2.31. The minimum absolute atomic E-state index is 0.125. The van der Waals surface area contributed by atoms with Gasteiger partial charge in [0.15, 0.2) is 0 Å². The largest absolute Gasteiger partial charge is 0.467 e. The van der Waals surface area contributed by atoms with E-state index in [0.717, 1.165) is 25.7 Å². The van der Waals surface area contributed by atoms with Gasteiger partial charge in [0.1, 0.15) is 17.3 Å². The molecule has 2 N–H and O–H groups in total. The van der Waals surface area contributed by atoms with Crippen molar-refractivity contribution in [3.63, 3.8) is 0 Å². The Bertz CT molecular complexity index is 681. The maximum atomic E-state index is 13.3. The van der Waals surface area contributed by atoms with E-state index in [1.54, 1.807) is 30.2 Å². The Morgan fingerprint density at radius 2 is 2.07 bits per heavy atom. The monoisotopic (exact) mass is 375 g/mol. The van der Waals surface area contributed by atoms with E-state index in [4.69, 9.17) is 4.42 Å². The molecule has 2 heterocycles. The SMILES string of the molecule is CC[C@](C)(C(=O)NC1CCCC1)N(Cc1ccco1)C(=O)[C@@H]1CCC(=O)N1. The fourth-order valence-corrected chi connectivity index (χ4v) is 3.93. The molecule has 0 unspecified atom stereocenters. The average molecular weight is 375 g/mol. The minimum Gasteiger partial charge on any atom is -0.467 e. The lowest BCUT2D eigenvalue weighted by Crippen LogP contribution is -2.62. The number of hydrogen-bond acceptors (Lipinski definition) is 4. The normalized spacial score (nSPS) is 22.3. The van der Waals surface area contributed by atoms with E-state index in [9.17, 15) is 14.4 Å². The van der Waals surface area contributed by atoms with Gasteiger partial charge in [-0.1, -0.05) is 19.8 Å². The van der Waals surface area contributed by atoms with Crippen LogP contribution in [0.4, 0.5) is 0 Å². The van der Waals surface area contributed by atoms with Crippen LogP contribution in [0.3, 0.4) is 0 Å². The fraction of sp³-hybridized carbons (Fsp3) is 0.650. The highest BCUT2D eigenvalue weighted by molar-refractivity contribution is 5.95. The van der Waals surface area contributed by atoms with E-state index in [-0.39, 0.29) is 30.3 Å². The lowest BCUT2D eigenvalue weighted by molar-refractivity contribution is -0.150. The summed E-state index contributed by atoms with van der Waals surface area (Å²) in [6.45, 7) is 3.90. The second kappa shape index (κ2) is 8.15. The van der Waals surface area contributed by atoms with Crippen LogP contribution in [0.5, 0.6) is 0 Å². The molecule has 0 bridgehead atoms. The molecule has 1 aromatic rings. The van der Waals surface area contributed by atoms with Gasteiger partial charge >= 0.3 is 0 Å². The van der Waals surface area contributed by atoms with Crippen molar-refractivity contribution >= 4 is 17.7 Å². The molecule has 1 aliphatic heterocycles. The topological polar surface area (TPSA) is 91.7 Å². The zero-order valence-corrected chi connectivity index (χ0v) is 16.1. The molecule has 0 spiro atoms. The highest BCUT2D eigenvalue weighted by Crippen LogP contribution is 2.27. The summed E-state index contributed by atoms with van der Waals surface area (Å²) < 4.78 is 5.44. The molecule has 2 atom stereocenters. The third-order valence-corrected chi connectivity index (χ3v) is 5.92. The summed E-state index contributed by atoms with van der Waals surface area (Å²) in [5, 5.41) is 5.86. The van der Waals surface area contributed by atoms with Crippen LogP contribution in [0.2, 0.25) is 0 Å². The number of furan rings is 1. The first-order valence-electron chi connectivity index (χ1n) is 9.88. The Morgan fingerprint density at radius 3 is 2.63 bits per heavy atom. The molecule has 148 valence electrons. The summed E-state index contributed by atoms with van der Waals surface area (Å²) in [5.41, 5.74) is -1.01. The number of hydrogen-bond donors (Lipinski definition) is 2. The lowest BCUT2D eigenvalue weighted by atomic mass is 9.92. The number of carbonyl (C=O) groups is 3. The molecule has 0 radical (unpaired) electrons. The van der Waals surface area contributed by atoms with Crippen molar-refractivity contribution in [3.8, 4) is 0 Å². The van der Waals surface area contributed by atoms with Gasteiger partial charge in [-0.15, -0.1) is 0 Å². The quantitative estimate of drug-likeness (QED) is 0.764. The van der Waals surface area contributed by atoms with Crippen molar-refractivity contribution < 1.29 is 18.8 Å². The van der Waals surface area contributed by atoms with Crippen LogP contribution in [0.1, 0.15) is 64.6 Å². The minimum atomic E-state index is -1.01. The van der Waals surface area contributed by atoms with Crippen molar-refractivity contribution in [2.45, 2.75) is 83.0 Å². The van der Waals surface area contributed by atoms with Crippen LogP contribution >= 0.6 is 0 Å². The number of carbonyl (C=O) groups excluding carboxylic acids is 3. The van der Waals surface area contributed by atoms with Gasteiger partial charge < -0.3 is 20.0 Å². The van der Waals surface area contributed by atoms with Crippen LogP contribution in [0, 0.1) is 0 Å². The first kappa shape index (κ1) is 19.5. The summed E-state index contributed by atoms with van der Waals surface area (Å²) in [7, 11) is 0. The fourth-order valence-electron chi connectivity index (χ4n) is 3.93. The predicted molar refractivity (Wildman–Crippen MR) is 99.5 cm³/mol. The van der Waals surface area contributed by atoms with Gasteiger partial charge in [-0.05, 0) is 44.7 Å². The van der Waals surface area contributed by atoms with Crippen LogP contribution in [-0.4, -0.2) is 40.2 Å². The summed E-state index contributed by atoms with van der Waals surface area (Å²) in [6.07, 6.45) is 7.02. The van der Waals surface area contributed by atoms with Gasteiger partial charge in [0.2, 0.25) is 17.7 Å². The van der Waals surface area contributed by atoms with Gasteiger partial charge in [0, 0.05) is 12.5 Å². The summed E-state index contributed by atoms with van der Waals surface area (Å²) >= 11 is 0. The molecule has 0 aromatic carbocycles. The molecular formula is C20H29N3O4. The Labute approximate surface area is 159 Å². The van der Waals surface area contributed by atoms with E-state index in [1.807, 2.05) is 6.92 Å². The molecule has 2 fully saturated rings. The molecule has 3 amide bonds. The van der Waals surface area contributed by atoms with Crippen molar-refractivity contribution in [1.82, 2.24) is 15.5 Å². The molecular weight excluding hydrogens is 346 g/mol. The maximum Gasteiger partial charge on any atom is 0.246 e. The van der Waals surface area contributed by atoms with E-state index >= 15 is 0 Å². The van der Waals surface area contributed by atoms with Crippen LogP contribution < -0.4 is 10.6 Å². The van der Waals surface area contributed by atoms with E-state index in [2.05, 4.69) is 10.6 Å². The molecule has 1 saturated carbocycles. The first-order chi connectivity index (χ1) is 12.9. The Morgan fingerprint density at radius 1 is 1.33 bits per heavy atom. The average Bonchev–Trinajstić information content (AvgIpc) is 3.41. The predicted octanol–water partition coefficient (Wildman–Crippen LogP) is 2.11. The highest BCUT2D eigenvalue weighted by Gasteiger charge is 2.45. The molecule has 1 saturated heterocycles. The van der Waals surface area contributed by atoms with Crippen molar-refractivity contribution in [1.29, 1.82) is 0 Å². The second-order valence-corrected chi connectivity index (χ2v) is 7.74. The molecule has 7 nitrogen and oxygen atoms in total. The smallest absolute Gasteiger partial charge is 0.246 e. The van der Waals surface area contributed by atoms with E-state index in [1.165, 1.54) is 0 Å². The second-order valence-electron chi connectivity index (χ2n) is 7.74. The van der Waals surface area contributed by atoms with Crippen molar-refractivity contribution in [3.05, 3.63) is 24.2 Å². The van der Waals surface area contributed by atoms with Gasteiger partial charge in [-0.3, -0.25) is 14.4 Å². The molecule has 27 heavy (non-hydrogen) atoms. The van der Waals surface area contributed by atoms with E-state index < -0.39 is 11.6 Å². The summed E-state index contributed by atoms with van der Waals surface area (Å²) in [5.74, 6) is 0.116. The molecule has 7 heteroatoms. The number of amides is 3. The highest BCUT2D eigenvalue weighted by atomic mass is 16.3. The van der Waals surface area contributed by atoms with Crippen LogP contribution in [0.15, 0.2) is 22.8 Å². The van der Waals surface area contributed by atoms with Gasteiger partial charge in [-0.2, -0.15) is 0 Å². The van der Waals surface area contributed by atoms with Gasteiger partial charge in [0.05, 0.1) is 12.8 Å². The number of nitrogens with zero attached hydrogens (tertiary/aromatic N) is 1. The zero-order valence-electron chi connectivity index (χ0n) is 16.1. The van der Waals surface area contributed by atoms with Crippen molar-refractivity contribution in [2.75, 3.05) is 0 Å². The third-order valence-electron chi connectivity index (χ3n) is 5.92. The van der Waals surface area contributed by atoms with Gasteiger partial charge in [-0.25, -0.2) is 0 Å². The lowest BCUT2D eigenvalue weighted by Gasteiger charge is -2.41. The molecule has 1 aliphatic carbocycles. The number of nitrogens with one attached hydrogen (secondary N) is 2. The summed E-state index contributed by atoms with van der Waals surface area (Å²) in [4.78, 5) is 39.6. The molecule has 2 aliphatic rings. The van der Waals surface area contributed by atoms with Gasteiger partial charge in [0.25, 0.3) is 0 Å². The van der Waals surface area contributed by atoms with Crippen molar-refractivity contribution in [2.24, 2.45) is 0 Å². The first-order valence-corrected chi connectivity index (χ1v) is 9.88. The van der Waals surface area contributed by atoms with Crippen LogP contribution in [0.25, 0.3) is 0 Å². The Kier molecular flexibility index (Phi) is 5.87. The Balaban J connectivity index is 1.84. The molecule has 3 rings (SSSR count). The zero-order chi connectivity index (χ0) is 19.4. The van der Waals surface area contributed by atoms with Crippen LogP contribution in [-0.2, 0) is 20.9 Å². The standard InChI is InChI=1S/C20H29N3O4/c1-3-20(2,19(26)21-14-7-4-5-8-14)23(13-15-9-6-12-27-15)18(25)16-10-11-17(24)22-16/h6,9,12,14,16H,3-5,7-8,10-11,13H2,1-2H3,(H,21,26)(H,22,24)/t16-,20+/m0/s1. The maximum absolute atomic E-state index is 13.3. The number of rotatable bonds is 7. The molecule has 1 aromatic heterocycles.